The number of anilines is 1. The van der Waals surface area contributed by atoms with Gasteiger partial charge >= 0.3 is 0 Å². The normalized spacial score (nSPS) is 10.6. The first-order chi connectivity index (χ1) is 11.8. The van der Waals surface area contributed by atoms with Crippen LogP contribution < -0.4 is 14.8 Å². The Bertz CT molecular complexity index is 809. The Balaban J connectivity index is 1.76. The van der Waals surface area contributed by atoms with Gasteiger partial charge in [0.2, 0.25) is 0 Å². The molecule has 124 valence electrons. The van der Waals surface area contributed by atoms with E-state index in [1.54, 1.807) is 7.11 Å². The van der Waals surface area contributed by atoms with E-state index in [0.717, 1.165) is 35.7 Å². The van der Waals surface area contributed by atoms with Crippen molar-refractivity contribution < 1.29 is 9.47 Å². The molecule has 3 heteroatoms. The van der Waals surface area contributed by atoms with Gasteiger partial charge in [-0.25, -0.2) is 0 Å². The van der Waals surface area contributed by atoms with Gasteiger partial charge in [-0.1, -0.05) is 49.4 Å². The van der Waals surface area contributed by atoms with E-state index in [2.05, 4.69) is 60.8 Å². The maximum absolute atomic E-state index is 5.71. The molecule has 0 radical (unpaired) electrons. The summed E-state index contributed by atoms with van der Waals surface area (Å²) in [6.45, 7) is 3.53. The summed E-state index contributed by atoms with van der Waals surface area (Å²) in [7, 11) is 1.68. The van der Waals surface area contributed by atoms with E-state index in [-0.39, 0.29) is 0 Å². The summed E-state index contributed by atoms with van der Waals surface area (Å²) < 4.78 is 11.2. The van der Waals surface area contributed by atoms with Crippen molar-refractivity contribution >= 4 is 16.5 Å². The Kier molecular flexibility index (Phi) is 5.22. The number of hydrogen-bond donors (Lipinski definition) is 1. The van der Waals surface area contributed by atoms with Crippen molar-refractivity contribution in [1.29, 1.82) is 0 Å². The standard InChI is InChI=1S/C21H23NO2/c1-3-13-24-20-12-11-16(14-21(20)23-2)15-22-19-10-6-8-17-7-4-5-9-18(17)19/h4-12,14,22H,3,13,15H2,1-2H3. The zero-order valence-electron chi connectivity index (χ0n) is 14.2. The molecular formula is C21H23NO2. The molecule has 0 aromatic heterocycles. The van der Waals surface area contributed by atoms with Crippen molar-refractivity contribution in [3.05, 3.63) is 66.2 Å². The molecule has 0 unspecified atom stereocenters. The van der Waals surface area contributed by atoms with Gasteiger partial charge in [-0.2, -0.15) is 0 Å². The van der Waals surface area contributed by atoms with Gasteiger partial charge in [0.05, 0.1) is 13.7 Å². The Morgan fingerprint density at radius 3 is 2.58 bits per heavy atom. The molecule has 3 nitrogen and oxygen atoms in total. The summed E-state index contributed by atoms with van der Waals surface area (Å²) in [5, 5.41) is 5.99. The fourth-order valence-electron chi connectivity index (χ4n) is 2.73. The predicted molar refractivity (Wildman–Crippen MR) is 100 cm³/mol. The average Bonchev–Trinajstić information content (AvgIpc) is 2.64. The monoisotopic (exact) mass is 321 g/mol. The molecule has 1 N–H and O–H groups in total. The van der Waals surface area contributed by atoms with Crippen molar-refractivity contribution in [3.8, 4) is 11.5 Å². The third kappa shape index (κ3) is 3.62. The molecule has 0 spiro atoms. The van der Waals surface area contributed by atoms with E-state index in [1.165, 1.54) is 10.8 Å². The minimum atomic E-state index is 0.698. The summed E-state index contributed by atoms with van der Waals surface area (Å²) in [6, 6.07) is 20.8. The highest BCUT2D eigenvalue weighted by atomic mass is 16.5. The van der Waals surface area contributed by atoms with Crippen LogP contribution in [0.5, 0.6) is 11.5 Å². The van der Waals surface area contributed by atoms with Crippen LogP contribution in [0.15, 0.2) is 60.7 Å². The van der Waals surface area contributed by atoms with Crippen molar-refractivity contribution in [1.82, 2.24) is 0 Å². The highest BCUT2D eigenvalue weighted by Gasteiger charge is 2.06. The lowest BCUT2D eigenvalue weighted by Crippen LogP contribution is -2.02. The lowest BCUT2D eigenvalue weighted by atomic mass is 10.1. The molecule has 0 heterocycles. The highest BCUT2D eigenvalue weighted by Crippen LogP contribution is 2.29. The average molecular weight is 321 g/mol. The SMILES string of the molecule is CCCOc1ccc(CNc2cccc3ccccc23)cc1OC. The maximum Gasteiger partial charge on any atom is 0.161 e. The van der Waals surface area contributed by atoms with Gasteiger partial charge in [-0.15, -0.1) is 0 Å². The Hall–Kier alpha value is -2.68. The fraction of sp³-hybridized carbons (Fsp3) is 0.238. The molecule has 0 saturated heterocycles. The van der Waals surface area contributed by atoms with Crippen LogP contribution in [0.1, 0.15) is 18.9 Å². The number of methoxy groups -OCH3 is 1. The third-order valence-electron chi connectivity index (χ3n) is 3.96. The molecular weight excluding hydrogens is 298 g/mol. The first kappa shape index (κ1) is 16.2. The molecule has 0 fully saturated rings. The molecule has 0 bridgehead atoms. The lowest BCUT2D eigenvalue weighted by Gasteiger charge is -2.13. The predicted octanol–water partition coefficient (Wildman–Crippen LogP) is 5.25. The van der Waals surface area contributed by atoms with E-state index in [9.17, 15) is 0 Å². The summed E-state index contributed by atoms with van der Waals surface area (Å²) in [5.74, 6) is 1.58. The molecule has 3 rings (SSSR count). The number of nitrogens with one attached hydrogen (secondary N) is 1. The van der Waals surface area contributed by atoms with E-state index >= 15 is 0 Å². The van der Waals surface area contributed by atoms with Crippen molar-refractivity contribution in [2.45, 2.75) is 19.9 Å². The van der Waals surface area contributed by atoms with Crippen molar-refractivity contribution in [2.75, 3.05) is 19.0 Å². The minimum Gasteiger partial charge on any atom is -0.493 e. The number of benzene rings is 3. The Labute approximate surface area is 143 Å². The minimum absolute atomic E-state index is 0.698. The van der Waals surface area contributed by atoms with Crippen LogP contribution in [-0.2, 0) is 6.54 Å². The van der Waals surface area contributed by atoms with E-state index < -0.39 is 0 Å². The largest absolute Gasteiger partial charge is 0.493 e. The Morgan fingerprint density at radius 1 is 0.917 bits per heavy atom. The van der Waals surface area contributed by atoms with Crippen molar-refractivity contribution in [2.24, 2.45) is 0 Å². The Morgan fingerprint density at radius 2 is 1.75 bits per heavy atom. The molecule has 0 saturated carbocycles. The van der Waals surface area contributed by atoms with Gasteiger partial charge in [-0.3, -0.25) is 0 Å². The lowest BCUT2D eigenvalue weighted by molar-refractivity contribution is 0.294. The zero-order valence-corrected chi connectivity index (χ0v) is 14.2. The number of fused-ring (bicyclic) bond motifs is 1. The van der Waals surface area contributed by atoms with Crippen LogP contribution >= 0.6 is 0 Å². The summed E-state index contributed by atoms with van der Waals surface area (Å²) >= 11 is 0. The van der Waals surface area contributed by atoms with Gasteiger partial charge in [0, 0.05) is 17.6 Å². The summed E-state index contributed by atoms with van der Waals surface area (Å²) in [5.41, 5.74) is 2.29. The molecule has 0 aliphatic carbocycles. The summed E-state index contributed by atoms with van der Waals surface area (Å²) in [6.07, 6.45) is 0.980. The van der Waals surface area contributed by atoms with Gasteiger partial charge < -0.3 is 14.8 Å². The fourth-order valence-corrected chi connectivity index (χ4v) is 2.73. The van der Waals surface area contributed by atoms with Crippen LogP contribution in [0, 0.1) is 0 Å². The number of ether oxygens (including phenoxy) is 2. The molecule has 3 aromatic rings. The first-order valence-corrected chi connectivity index (χ1v) is 8.33. The molecule has 0 atom stereocenters. The van der Waals surface area contributed by atoms with Crippen LogP contribution in [0.4, 0.5) is 5.69 Å². The molecule has 0 aliphatic rings. The van der Waals surface area contributed by atoms with E-state index in [4.69, 9.17) is 9.47 Å². The van der Waals surface area contributed by atoms with Crippen LogP contribution in [0.2, 0.25) is 0 Å². The number of rotatable bonds is 7. The second-order valence-electron chi connectivity index (χ2n) is 5.71. The zero-order chi connectivity index (χ0) is 16.8. The molecule has 24 heavy (non-hydrogen) atoms. The van der Waals surface area contributed by atoms with Crippen LogP contribution in [-0.4, -0.2) is 13.7 Å². The number of hydrogen-bond acceptors (Lipinski definition) is 3. The second-order valence-corrected chi connectivity index (χ2v) is 5.71. The maximum atomic E-state index is 5.71. The molecule has 0 amide bonds. The van der Waals surface area contributed by atoms with Gasteiger partial charge in [0.1, 0.15) is 0 Å². The van der Waals surface area contributed by atoms with E-state index in [1.807, 2.05) is 12.1 Å². The van der Waals surface area contributed by atoms with Gasteiger partial charge in [0.15, 0.2) is 11.5 Å². The molecule has 3 aromatic carbocycles. The summed E-state index contributed by atoms with van der Waals surface area (Å²) in [4.78, 5) is 0. The first-order valence-electron chi connectivity index (χ1n) is 8.33. The second kappa shape index (κ2) is 7.73. The quantitative estimate of drug-likeness (QED) is 0.645. The van der Waals surface area contributed by atoms with Crippen LogP contribution in [0.25, 0.3) is 10.8 Å². The topological polar surface area (TPSA) is 30.5 Å². The third-order valence-corrected chi connectivity index (χ3v) is 3.96. The van der Waals surface area contributed by atoms with Crippen molar-refractivity contribution in [3.63, 3.8) is 0 Å². The van der Waals surface area contributed by atoms with E-state index in [0.29, 0.717) is 6.61 Å². The van der Waals surface area contributed by atoms with Crippen LogP contribution in [0.3, 0.4) is 0 Å². The van der Waals surface area contributed by atoms with Gasteiger partial charge in [0.25, 0.3) is 0 Å². The van der Waals surface area contributed by atoms with Gasteiger partial charge in [-0.05, 0) is 35.6 Å². The smallest absolute Gasteiger partial charge is 0.161 e. The highest BCUT2D eigenvalue weighted by molar-refractivity contribution is 5.93. The molecule has 0 aliphatic heterocycles.